The average Bonchev–Trinajstić information content (AvgIpc) is 2.15. The van der Waals surface area contributed by atoms with E-state index in [1.807, 2.05) is 31.2 Å². The highest BCUT2D eigenvalue weighted by molar-refractivity contribution is 6.31. The maximum atomic E-state index is 9.12. The normalized spacial score (nSPS) is 15.1. The zero-order valence-electron chi connectivity index (χ0n) is 8.50. The maximum Gasteiger partial charge on any atom is 0.0636 e. The Kier molecular flexibility index (Phi) is 4.39. The highest BCUT2D eigenvalue weighted by Gasteiger charge is 2.08. The Morgan fingerprint density at radius 2 is 2.00 bits per heavy atom. The third kappa shape index (κ3) is 3.29. The predicted octanol–water partition coefficient (Wildman–Crippen LogP) is 2.37. The highest BCUT2D eigenvalue weighted by Crippen LogP contribution is 2.21. The van der Waals surface area contributed by atoms with E-state index in [2.05, 4.69) is 5.32 Å². The summed E-state index contributed by atoms with van der Waals surface area (Å²) >= 11 is 6.03. The van der Waals surface area contributed by atoms with Gasteiger partial charge >= 0.3 is 0 Å². The fourth-order valence-electron chi connectivity index (χ4n) is 1.28. The molecule has 0 aliphatic heterocycles. The zero-order chi connectivity index (χ0) is 10.6. The van der Waals surface area contributed by atoms with Crippen molar-refractivity contribution >= 4 is 11.6 Å². The molecule has 1 aromatic rings. The average molecular weight is 214 g/mol. The minimum absolute atomic E-state index is 0.165. The van der Waals surface area contributed by atoms with Gasteiger partial charge in [0.25, 0.3) is 0 Å². The van der Waals surface area contributed by atoms with Crippen molar-refractivity contribution in [2.45, 2.75) is 26.0 Å². The first-order valence-electron chi connectivity index (χ1n) is 4.77. The molecule has 0 fully saturated rings. The highest BCUT2D eigenvalue weighted by atomic mass is 35.5. The van der Waals surface area contributed by atoms with Gasteiger partial charge in [-0.1, -0.05) is 29.8 Å². The van der Waals surface area contributed by atoms with Crippen LogP contribution in [0.4, 0.5) is 0 Å². The van der Waals surface area contributed by atoms with Gasteiger partial charge in [0, 0.05) is 17.6 Å². The Bertz CT molecular complexity index is 288. The van der Waals surface area contributed by atoms with E-state index < -0.39 is 0 Å². The summed E-state index contributed by atoms with van der Waals surface area (Å²) in [5.74, 6) is 0. The first-order valence-corrected chi connectivity index (χ1v) is 5.15. The molecule has 0 amide bonds. The van der Waals surface area contributed by atoms with Gasteiger partial charge in [0.1, 0.15) is 0 Å². The van der Waals surface area contributed by atoms with Crippen molar-refractivity contribution < 1.29 is 5.11 Å². The van der Waals surface area contributed by atoms with Gasteiger partial charge in [-0.05, 0) is 25.5 Å². The summed E-state index contributed by atoms with van der Waals surface area (Å²) in [7, 11) is 0. The van der Waals surface area contributed by atoms with E-state index in [-0.39, 0.29) is 12.1 Å². The summed E-state index contributed by atoms with van der Waals surface area (Å²) in [6, 6.07) is 7.90. The lowest BCUT2D eigenvalue weighted by molar-refractivity contribution is 0.187. The Labute approximate surface area is 89.9 Å². The van der Waals surface area contributed by atoms with E-state index in [1.54, 1.807) is 6.92 Å². The molecule has 0 radical (unpaired) electrons. The van der Waals surface area contributed by atoms with Crippen LogP contribution in [0.2, 0.25) is 5.02 Å². The van der Waals surface area contributed by atoms with Crippen LogP contribution in [0, 0.1) is 0 Å². The fourth-order valence-corrected chi connectivity index (χ4v) is 1.58. The van der Waals surface area contributed by atoms with Crippen LogP contribution < -0.4 is 5.32 Å². The number of aliphatic hydroxyl groups is 1. The molecule has 0 bridgehead atoms. The second-order valence-electron chi connectivity index (χ2n) is 3.50. The SMILES string of the molecule is CC(NC[C@@H](C)O)c1ccccc1Cl. The zero-order valence-corrected chi connectivity index (χ0v) is 9.25. The van der Waals surface area contributed by atoms with Gasteiger partial charge in [-0.25, -0.2) is 0 Å². The second kappa shape index (κ2) is 5.35. The molecule has 0 heterocycles. The number of aliphatic hydroxyl groups excluding tert-OH is 1. The van der Waals surface area contributed by atoms with Gasteiger partial charge < -0.3 is 10.4 Å². The quantitative estimate of drug-likeness (QED) is 0.805. The van der Waals surface area contributed by atoms with Gasteiger partial charge in [0.05, 0.1) is 6.10 Å². The van der Waals surface area contributed by atoms with Crippen molar-refractivity contribution in [3.05, 3.63) is 34.9 Å². The van der Waals surface area contributed by atoms with Gasteiger partial charge in [-0.15, -0.1) is 0 Å². The van der Waals surface area contributed by atoms with Crippen molar-refractivity contribution in [2.75, 3.05) is 6.54 Å². The molecule has 0 aliphatic rings. The first kappa shape index (κ1) is 11.5. The summed E-state index contributed by atoms with van der Waals surface area (Å²) in [6.45, 7) is 4.36. The summed E-state index contributed by atoms with van der Waals surface area (Å²) in [4.78, 5) is 0. The van der Waals surface area contributed by atoms with Gasteiger partial charge in [-0.3, -0.25) is 0 Å². The van der Waals surface area contributed by atoms with Crippen molar-refractivity contribution in [2.24, 2.45) is 0 Å². The molecule has 1 aromatic carbocycles. The Hall–Kier alpha value is -0.570. The Morgan fingerprint density at radius 1 is 1.36 bits per heavy atom. The lowest BCUT2D eigenvalue weighted by Crippen LogP contribution is -2.27. The van der Waals surface area contributed by atoms with E-state index in [9.17, 15) is 0 Å². The van der Waals surface area contributed by atoms with Crippen molar-refractivity contribution in [3.8, 4) is 0 Å². The van der Waals surface area contributed by atoms with Gasteiger partial charge in [0.15, 0.2) is 0 Å². The monoisotopic (exact) mass is 213 g/mol. The lowest BCUT2D eigenvalue weighted by atomic mass is 10.1. The maximum absolute atomic E-state index is 9.12. The van der Waals surface area contributed by atoms with Crippen LogP contribution in [-0.2, 0) is 0 Å². The largest absolute Gasteiger partial charge is 0.392 e. The molecule has 0 aliphatic carbocycles. The van der Waals surface area contributed by atoms with Gasteiger partial charge in [-0.2, -0.15) is 0 Å². The lowest BCUT2D eigenvalue weighted by Gasteiger charge is -2.16. The molecule has 2 atom stereocenters. The van der Waals surface area contributed by atoms with Crippen LogP contribution in [0.1, 0.15) is 25.5 Å². The smallest absolute Gasteiger partial charge is 0.0636 e. The molecule has 1 rings (SSSR count). The second-order valence-corrected chi connectivity index (χ2v) is 3.91. The molecule has 1 unspecified atom stereocenters. The van der Waals surface area contributed by atoms with Crippen LogP contribution in [-0.4, -0.2) is 17.8 Å². The van der Waals surface area contributed by atoms with Crippen molar-refractivity contribution in [3.63, 3.8) is 0 Å². The third-order valence-electron chi connectivity index (χ3n) is 2.09. The molecule has 0 spiro atoms. The number of benzene rings is 1. The van der Waals surface area contributed by atoms with Crippen molar-refractivity contribution in [1.82, 2.24) is 5.32 Å². The molecular weight excluding hydrogens is 198 g/mol. The van der Waals surface area contributed by atoms with Crippen LogP contribution in [0.5, 0.6) is 0 Å². The minimum Gasteiger partial charge on any atom is -0.392 e. The number of hydrogen-bond acceptors (Lipinski definition) is 2. The standard InChI is InChI=1S/C11H16ClNO/c1-8(14)7-13-9(2)10-5-3-4-6-11(10)12/h3-6,8-9,13-14H,7H2,1-2H3/t8-,9?/m1/s1. The molecule has 2 N–H and O–H groups in total. The summed E-state index contributed by atoms with van der Waals surface area (Å²) in [6.07, 6.45) is -0.333. The summed E-state index contributed by atoms with van der Waals surface area (Å²) in [5.41, 5.74) is 1.06. The van der Waals surface area contributed by atoms with E-state index in [0.717, 1.165) is 10.6 Å². The summed E-state index contributed by atoms with van der Waals surface area (Å²) in [5, 5.41) is 13.1. The van der Waals surface area contributed by atoms with Crippen molar-refractivity contribution in [1.29, 1.82) is 0 Å². The van der Waals surface area contributed by atoms with Crippen LogP contribution in [0.25, 0.3) is 0 Å². The number of hydrogen-bond donors (Lipinski definition) is 2. The molecule has 14 heavy (non-hydrogen) atoms. The number of nitrogens with one attached hydrogen (secondary N) is 1. The van der Waals surface area contributed by atoms with E-state index in [0.29, 0.717) is 6.54 Å². The van der Waals surface area contributed by atoms with E-state index >= 15 is 0 Å². The first-order chi connectivity index (χ1) is 6.61. The van der Waals surface area contributed by atoms with Crippen LogP contribution in [0.15, 0.2) is 24.3 Å². The topological polar surface area (TPSA) is 32.3 Å². The molecular formula is C11H16ClNO. The molecule has 0 saturated heterocycles. The summed E-state index contributed by atoms with van der Waals surface area (Å²) < 4.78 is 0. The molecule has 3 heteroatoms. The van der Waals surface area contributed by atoms with E-state index in [1.165, 1.54) is 0 Å². The third-order valence-corrected chi connectivity index (χ3v) is 2.44. The Balaban J connectivity index is 2.60. The fraction of sp³-hybridized carbons (Fsp3) is 0.455. The molecule has 0 saturated carbocycles. The molecule has 2 nitrogen and oxygen atoms in total. The van der Waals surface area contributed by atoms with Crippen LogP contribution in [0.3, 0.4) is 0 Å². The molecule has 78 valence electrons. The minimum atomic E-state index is -0.333. The molecule has 0 aromatic heterocycles. The van der Waals surface area contributed by atoms with Gasteiger partial charge in [0.2, 0.25) is 0 Å². The predicted molar refractivity (Wildman–Crippen MR) is 59.6 cm³/mol. The number of rotatable bonds is 4. The Morgan fingerprint density at radius 3 is 2.57 bits per heavy atom. The van der Waals surface area contributed by atoms with E-state index in [4.69, 9.17) is 16.7 Å². The number of halogens is 1. The van der Waals surface area contributed by atoms with Crippen LogP contribution >= 0.6 is 11.6 Å².